The molecule has 8 heteroatoms. The Hall–Kier alpha value is -1.64. The van der Waals surface area contributed by atoms with Crippen molar-refractivity contribution in [2.24, 2.45) is 11.7 Å². The Kier molecular flexibility index (Phi) is 5.70. The van der Waals surface area contributed by atoms with E-state index in [0.717, 1.165) is 0 Å². The van der Waals surface area contributed by atoms with Crippen molar-refractivity contribution in [1.82, 2.24) is 4.72 Å². The molecule has 0 aliphatic carbocycles. The third kappa shape index (κ3) is 5.00. The van der Waals surface area contributed by atoms with Crippen molar-refractivity contribution in [1.29, 1.82) is 0 Å². The molecule has 6 N–H and O–H groups in total. The van der Waals surface area contributed by atoms with Crippen LogP contribution in [0.5, 0.6) is 0 Å². The molecule has 1 aromatic rings. The number of primary amides is 1. The van der Waals surface area contributed by atoms with Crippen LogP contribution in [0.25, 0.3) is 0 Å². The number of rotatable bonds is 7. The number of carbonyl (C=O) groups excluding carboxylic acids is 1. The van der Waals surface area contributed by atoms with E-state index in [1.165, 1.54) is 18.2 Å². The normalized spacial score (nSPS) is 13.3. The number of aliphatic hydroxyl groups is 1. The monoisotopic (exact) mass is 315 g/mol. The van der Waals surface area contributed by atoms with Gasteiger partial charge in [-0.1, -0.05) is 13.8 Å². The number of nitrogen functional groups attached to an aromatic ring is 1. The van der Waals surface area contributed by atoms with Crippen molar-refractivity contribution < 1.29 is 18.3 Å². The molecule has 7 nitrogen and oxygen atoms in total. The first-order valence-corrected chi connectivity index (χ1v) is 7.99. The van der Waals surface area contributed by atoms with E-state index in [2.05, 4.69) is 4.72 Å². The Morgan fingerprint density at radius 1 is 1.38 bits per heavy atom. The van der Waals surface area contributed by atoms with E-state index in [1.54, 1.807) is 0 Å². The predicted octanol–water partition coefficient (Wildman–Crippen LogP) is 0.0530. The maximum absolute atomic E-state index is 12.1. The maximum atomic E-state index is 12.1. The summed E-state index contributed by atoms with van der Waals surface area (Å²) in [4.78, 5) is 10.9. The predicted molar refractivity (Wildman–Crippen MR) is 80.0 cm³/mol. The molecule has 1 atom stereocenters. The van der Waals surface area contributed by atoms with Gasteiger partial charge in [-0.15, -0.1) is 0 Å². The second-order valence-corrected chi connectivity index (χ2v) is 6.99. The number of benzene rings is 1. The van der Waals surface area contributed by atoms with Crippen molar-refractivity contribution in [3.63, 3.8) is 0 Å². The van der Waals surface area contributed by atoms with Gasteiger partial charge in [0.1, 0.15) is 4.90 Å². The highest BCUT2D eigenvalue weighted by Crippen LogP contribution is 2.19. The Labute approximate surface area is 124 Å². The third-order valence-electron chi connectivity index (χ3n) is 2.84. The van der Waals surface area contributed by atoms with Gasteiger partial charge in [0.25, 0.3) is 0 Å². The van der Waals surface area contributed by atoms with Crippen LogP contribution in [0.2, 0.25) is 0 Å². The van der Waals surface area contributed by atoms with Gasteiger partial charge in [0.2, 0.25) is 15.9 Å². The summed E-state index contributed by atoms with van der Waals surface area (Å²) in [5.74, 6) is -0.435. The summed E-state index contributed by atoms with van der Waals surface area (Å²) in [5, 5.41) is 9.70. The third-order valence-corrected chi connectivity index (χ3v) is 4.33. The SMILES string of the molecule is CC(C)CC(O)CNS(=O)(=O)c1ccc(C(N)=O)cc1N. The largest absolute Gasteiger partial charge is 0.398 e. The second kappa shape index (κ2) is 6.88. The molecular weight excluding hydrogens is 294 g/mol. The molecule has 0 aromatic heterocycles. The molecule has 0 fully saturated rings. The number of anilines is 1. The number of sulfonamides is 1. The van der Waals surface area contributed by atoms with E-state index in [0.29, 0.717) is 6.42 Å². The number of aliphatic hydroxyl groups excluding tert-OH is 1. The lowest BCUT2D eigenvalue weighted by molar-refractivity contribution is 0.1000. The summed E-state index contributed by atoms with van der Waals surface area (Å²) in [7, 11) is -3.85. The molecule has 1 aromatic carbocycles. The van der Waals surface area contributed by atoms with Crippen molar-refractivity contribution >= 4 is 21.6 Å². The van der Waals surface area contributed by atoms with Crippen LogP contribution in [0.15, 0.2) is 23.1 Å². The van der Waals surface area contributed by atoms with Gasteiger partial charge < -0.3 is 16.6 Å². The van der Waals surface area contributed by atoms with Crippen LogP contribution in [0, 0.1) is 5.92 Å². The fraction of sp³-hybridized carbons (Fsp3) is 0.462. The molecule has 118 valence electrons. The Balaban J connectivity index is 2.86. The fourth-order valence-corrected chi connectivity index (χ4v) is 3.04. The lowest BCUT2D eigenvalue weighted by Gasteiger charge is -2.15. The number of nitrogens with one attached hydrogen (secondary N) is 1. The average molecular weight is 315 g/mol. The van der Waals surface area contributed by atoms with E-state index < -0.39 is 22.0 Å². The Morgan fingerprint density at radius 3 is 2.48 bits per heavy atom. The summed E-state index contributed by atoms with van der Waals surface area (Å²) < 4.78 is 26.5. The summed E-state index contributed by atoms with van der Waals surface area (Å²) in [6.07, 6.45) is -0.288. The zero-order valence-corrected chi connectivity index (χ0v) is 12.9. The van der Waals surface area contributed by atoms with Gasteiger partial charge >= 0.3 is 0 Å². The van der Waals surface area contributed by atoms with E-state index in [9.17, 15) is 18.3 Å². The number of nitrogens with two attached hydrogens (primary N) is 2. The van der Waals surface area contributed by atoms with Gasteiger partial charge in [-0.25, -0.2) is 13.1 Å². The molecule has 1 rings (SSSR count). The number of amides is 1. The van der Waals surface area contributed by atoms with Crippen LogP contribution >= 0.6 is 0 Å². The summed E-state index contributed by atoms with van der Waals surface area (Å²) in [6, 6.07) is 3.71. The Morgan fingerprint density at radius 2 is 2.00 bits per heavy atom. The van der Waals surface area contributed by atoms with Crippen LogP contribution in [0.3, 0.4) is 0 Å². The molecule has 1 amide bonds. The molecule has 21 heavy (non-hydrogen) atoms. The van der Waals surface area contributed by atoms with E-state index in [-0.39, 0.29) is 28.6 Å². The van der Waals surface area contributed by atoms with Crippen LogP contribution in [-0.4, -0.2) is 32.1 Å². The van der Waals surface area contributed by atoms with Gasteiger partial charge in [0.05, 0.1) is 11.8 Å². The fourth-order valence-electron chi connectivity index (χ4n) is 1.86. The summed E-state index contributed by atoms with van der Waals surface area (Å²) in [6.45, 7) is 3.76. The molecule has 0 heterocycles. The second-order valence-electron chi connectivity index (χ2n) is 5.25. The molecule has 0 aliphatic rings. The van der Waals surface area contributed by atoms with Gasteiger partial charge in [-0.2, -0.15) is 0 Å². The highest BCUT2D eigenvalue weighted by Gasteiger charge is 2.20. The molecule has 0 bridgehead atoms. The van der Waals surface area contributed by atoms with Crippen LogP contribution in [0.4, 0.5) is 5.69 Å². The number of hydrogen-bond acceptors (Lipinski definition) is 5. The smallest absolute Gasteiger partial charge is 0.248 e. The molecule has 0 spiro atoms. The first-order chi connectivity index (χ1) is 9.63. The van der Waals surface area contributed by atoms with Gasteiger partial charge in [0.15, 0.2) is 0 Å². The average Bonchev–Trinajstić information content (AvgIpc) is 2.35. The Bertz CT molecular complexity index is 614. The topological polar surface area (TPSA) is 136 Å². The van der Waals surface area contributed by atoms with Crippen LogP contribution < -0.4 is 16.2 Å². The highest BCUT2D eigenvalue weighted by molar-refractivity contribution is 7.89. The minimum absolute atomic E-state index is 0.0721. The van der Waals surface area contributed by atoms with Crippen molar-refractivity contribution in [3.8, 4) is 0 Å². The van der Waals surface area contributed by atoms with Gasteiger partial charge in [0, 0.05) is 12.1 Å². The van der Waals surface area contributed by atoms with E-state index in [4.69, 9.17) is 11.5 Å². The van der Waals surface area contributed by atoms with Crippen LogP contribution in [-0.2, 0) is 10.0 Å². The van der Waals surface area contributed by atoms with Gasteiger partial charge in [-0.05, 0) is 30.5 Å². The summed E-state index contributed by atoms with van der Waals surface area (Å²) >= 11 is 0. The number of hydrogen-bond donors (Lipinski definition) is 4. The number of carbonyl (C=O) groups is 1. The minimum Gasteiger partial charge on any atom is -0.398 e. The molecule has 0 saturated carbocycles. The van der Waals surface area contributed by atoms with Crippen LogP contribution in [0.1, 0.15) is 30.6 Å². The van der Waals surface area contributed by atoms with Crippen molar-refractivity contribution in [3.05, 3.63) is 23.8 Å². The standard InChI is InChI=1S/C13H21N3O4S/c1-8(2)5-10(17)7-16-21(19,20)12-4-3-9(13(15)18)6-11(12)14/h3-4,6,8,10,16-17H,5,7,14H2,1-2H3,(H2,15,18). The van der Waals surface area contributed by atoms with Crippen molar-refractivity contribution in [2.75, 3.05) is 12.3 Å². The zero-order valence-electron chi connectivity index (χ0n) is 12.0. The molecule has 1 unspecified atom stereocenters. The maximum Gasteiger partial charge on any atom is 0.248 e. The first-order valence-electron chi connectivity index (χ1n) is 6.50. The molecular formula is C13H21N3O4S. The highest BCUT2D eigenvalue weighted by atomic mass is 32.2. The minimum atomic E-state index is -3.85. The lowest BCUT2D eigenvalue weighted by Crippen LogP contribution is -2.33. The zero-order chi connectivity index (χ0) is 16.2. The summed E-state index contributed by atoms with van der Waals surface area (Å²) in [5.41, 5.74) is 10.8. The lowest BCUT2D eigenvalue weighted by atomic mass is 10.1. The molecule has 0 saturated heterocycles. The van der Waals surface area contributed by atoms with Crippen molar-refractivity contribution in [2.45, 2.75) is 31.3 Å². The van der Waals surface area contributed by atoms with E-state index >= 15 is 0 Å². The first kappa shape index (κ1) is 17.4. The van der Waals surface area contributed by atoms with Gasteiger partial charge in [-0.3, -0.25) is 4.79 Å². The quantitative estimate of drug-likeness (QED) is 0.527. The van der Waals surface area contributed by atoms with E-state index in [1.807, 2.05) is 13.8 Å². The molecule has 0 aliphatic heterocycles. The molecule has 0 radical (unpaired) electrons.